The predicted octanol–water partition coefficient (Wildman–Crippen LogP) is 1.91. The van der Waals surface area contributed by atoms with E-state index in [-0.39, 0.29) is 12.0 Å². The Morgan fingerprint density at radius 2 is 2.15 bits per heavy atom. The summed E-state index contributed by atoms with van der Waals surface area (Å²) in [5.74, 6) is -1.53. The number of aliphatic hydroxyl groups excluding tert-OH is 1. The van der Waals surface area contributed by atoms with Crippen LogP contribution in [0.4, 0.5) is 8.78 Å². The van der Waals surface area contributed by atoms with E-state index >= 15 is 0 Å². The first-order valence-corrected chi connectivity index (χ1v) is 3.65. The standard InChI is InChI=1S/C9H7F2NO/c10-6-1-2-7(8(11)5-6)9(13)3-4-12/h1-2,5,9,13H,3H2/t9-/m0/s1. The quantitative estimate of drug-likeness (QED) is 0.761. The molecule has 1 aromatic carbocycles. The molecule has 2 nitrogen and oxygen atoms in total. The summed E-state index contributed by atoms with van der Waals surface area (Å²) >= 11 is 0. The van der Waals surface area contributed by atoms with Gasteiger partial charge in [0.05, 0.1) is 18.6 Å². The lowest BCUT2D eigenvalue weighted by molar-refractivity contribution is 0.178. The van der Waals surface area contributed by atoms with Crippen molar-refractivity contribution in [2.75, 3.05) is 0 Å². The Labute approximate surface area is 74.0 Å². The van der Waals surface area contributed by atoms with E-state index in [2.05, 4.69) is 0 Å². The molecule has 0 radical (unpaired) electrons. The van der Waals surface area contributed by atoms with Crippen molar-refractivity contribution in [2.24, 2.45) is 0 Å². The number of nitrogens with zero attached hydrogens (tertiary/aromatic N) is 1. The molecule has 4 heteroatoms. The SMILES string of the molecule is N#CC[C@H](O)c1ccc(F)cc1F. The first-order chi connectivity index (χ1) is 6.15. The molecule has 0 saturated heterocycles. The van der Waals surface area contributed by atoms with Crippen LogP contribution in [0.5, 0.6) is 0 Å². The van der Waals surface area contributed by atoms with Crippen LogP contribution >= 0.6 is 0 Å². The van der Waals surface area contributed by atoms with Gasteiger partial charge in [0, 0.05) is 11.6 Å². The molecule has 1 N–H and O–H groups in total. The molecule has 0 fully saturated rings. The summed E-state index contributed by atoms with van der Waals surface area (Å²) in [7, 11) is 0. The van der Waals surface area contributed by atoms with Crippen molar-refractivity contribution in [1.82, 2.24) is 0 Å². The van der Waals surface area contributed by atoms with E-state index in [1.807, 2.05) is 0 Å². The van der Waals surface area contributed by atoms with Gasteiger partial charge in [-0.05, 0) is 6.07 Å². The lowest BCUT2D eigenvalue weighted by atomic mass is 10.1. The summed E-state index contributed by atoms with van der Waals surface area (Å²) in [5, 5.41) is 17.4. The van der Waals surface area contributed by atoms with Crippen LogP contribution in [-0.2, 0) is 0 Å². The highest BCUT2D eigenvalue weighted by Crippen LogP contribution is 2.19. The minimum absolute atomic E-state index is 0.0528. The van der Waals surface area contributed by atoms with Crippen molar-refractivity contribution in [2.45, 2.75) is 12.5 Å². The zero-order valence-corrected chi connectivity index (χ0v) is 6.67. The molecule has 0 aliphatic carbocycles. The minimum atomic E-state index is -1.19. The van der Waals surface area contributed by atoms with Gasteiger partial charge in [0.2, 0.25) is 0 Å². The molecule has 0 unspecified atom stereocenters. The predicted molar refractivity (Wildman–Crippen MR) is 41.5 cm³/mol. The van der Waals surface area contributed by atoms with E-state index in [9.17, 15) is 13.9 Å². The highest BCUT2D eigenvalue weighted by Gasteiger charge is 2.12. The largest absolute Gasteiger partial charge is 0.387 e. The van der Waals surface area contributed by atoms with Crippen LogP contribution in [0.1, 0.15) is 18.1 Å². The van der Waals surface area contributed by atoms with Crippen molar-refractivity contribution in [3.63, 3.8) is 0 Å². The molecule has 0 aliphatic heterocycles. The number of nitriles is 1. The van der Waals surface area contributed by atoms with Crippen LogP contribution in [0.15, 0.2) is 18.2 Å². The third-order valence-electron chi connectivity index (χ3n) is 1.61. The number of hydrogen-bond donors (Lipinski definition) is 1. The molecule has 0 aliphatic rings. The highest BCUT2D eigenvalue weighted by molar-refractivity contribution is 5.21. The summed E-state index contributed by atoms with van der Waals surface area (Å²) in [4.78, 5) is 0. The molecule has 68 valence electrons. The van der Waals surface area contributed by atoms with Gasteiger partial charge in [0.1, 0.15) is 11.6 Å². The van der Waals surface area contributed by atoms with Gasteiger partial charge in [-0.3, -0.25) is 0 Å². The van der Waals surface area contributed by atoms with E-state index in [4.69, 9.17) is 5.26 Å². The Morgan fingerprint density at radius 1 is 1.46 bits per heavy atom. The van der Waals surface area contributed by atoms with E-state index < -0.39 is 17.7 Å². The van der Waals surface area contributed by atoms with Gasteiger partial charge in [0.15, 0.2) is 0 Å². The fourth-order valence-electron chi connectivity index (χ4n) is 0.968. The van der Waals surface area contributed by atoms with Crippen LogP contribution in [0.2, 0.25) is 0 Å². The molecule has 0 heterocycles. The summed E-state index contributed by atoms with van der Waals surface area (Å²) in [6, 6.07) is 4.55. The zero-order chi connectivity index (χ0) is 9.84. The first kappa shape index (κ1) is 9.62. The van der Waals surface area contributed by atoms with Gasteiger partial charge in [0.25, 0.3) is 0 Å². The highest BCUT2D eigenvalue weighted by atomic mass is 19.1. The van der Waals surface area contributed by atoms with Crippen LogP contribution in [0.3, 0.4) is 0 Å². The normalized spacial score (nSPS) is 12.2. The van der Waals surface area contributed by atoms with Gasteiger partial charge >= 0.3 is 0 Å². The maximum absolute atomic E-state index is 12.9. The molecule has 0 amide bonds. The average molecular weight is 183 g/mol. The maximum atomic E-state index is 12.9. The third-order valence-corrected chi connectivity index (χ3v) is 1.61. The minimum Gasteiger partial charge on any atom is -0.387 e. The zero-order valence-electron chi connectivity index (χ0n) is 6.67. The lowest BCUT2D eigenvalue weighted by Crippen LogP contribution is -1.99. The van der Waals surface area contributed by atoms with Crippen LogP contribution in [0.25, 0.3) is 0 Å². The van der Waals surface area contributed by atoms with Crippen molar-refractivity contribution < 1.29 is 13.9 Å². The number of aliphatic hydroxyl groups is 1. The molecule has 0 saturated carbocycles. The van der Waals surface area contributed by atoms with Crippen molar-refractivity contribution in [3.8, 4) is 6.07 Å². The molecular formula is C9H7F2NO. The Bertz CT molecular complexity index is 346. The van der Waals surface area contributed by atoms with E-state index in [0.717, 1.165) is 12.1 Å². The van der Waals surface area contributed by atoms with E-state index in [1.54, 1.807) is 6.07 Å². The van der Waals surface area contributed by atoms with Crippen molar-refractivity contribution in [3.05, 3.63) is 35.4 Å². The Kier molecular flexibility index (Phi) is 2.93. The van der Waals surface area contributed by atoms with Crippen molar-refractivity contribution in [1.29, 1.82) is 5.26 Å². The fourth-order valence-corrected chi connectivity index (χ4v) is 0.968. The summed E-state index contributed by atoms with van der Waals surface area (Å²) < 4.78 is 25.3. The maximum Gasteiger partial charge on any atom is 0.131 e. The number of rotatable bonds is 2. The fraction of sp³-hybridized carbons (Fsp3) is 0.222. The van der Waals surface area contributed by atoms with Crippen LogP contribution in [0, 0.1) is 23.0 Å². The molecule has 0 aromatic heterocycles. The molecule has 1 rings (SSSR count). The molecule has 13 heavy (non-hydrogen) atoms. The number of halogens is 2. The summed E-state index contributed by atoms with van der Waals surface area (Å²) in [5.41, 5.74) is -0.0528. The van der Waals surface area contributed by atoms with Crippen LogP contribution < -0.4 is 0 Å². The molecular weight excluding hydrogens is 176 g/mol. The first-order valence-electron chi connectivity index (χ1n) is 3.65. The lowest BCUT2D eigenvalue weighted by Gasteiger charge is -2.07. The molecule has 0 bridgehead atoms. The molecule has 0 spiro atoms. The van der Waals surface area contributed by atoms with E-state index in [1.165, 1.54) is 0 Å². The number of benzene rings is 1. The van der Waals surface area contributed by atoms with E-state index in [0.29, 0.717) is 6.07 Å². The summed E-state index contributed by atoms with van der Waals surface area (Å²) in [6.07, 6.45) is -1.40. The second-order valence-corrected chi connectivity index (χ2v) is 2.54. The van der Waals surface area contributed by atoms with Crippen LogP contribution in [-0.4, -0.2) is 5.11 Å². The number of hydrogen-bond acceptors (Lipinski definition) is 2. The third kappa shape index (κ3) is 2.23. The average Bonchev–Trinajstić information content (AvgIpc) is 2.04. The van der Waals surface area contributed by atoms with Gasteiger partial charge in [-0.2, -0.15) is 5.26 Å². The second-order valence-electron chi connectivity index (χ2n) is 2.54. The van der Waals surface area contributed by atoms with Gasteiger partial charge in [-0.15, -0.1) is 0 Å². The topological polar surface area (TPSA) is 44.0 Å². The Morgan fingerprint density at radius 3 is 2.69 bits per heavy atom. The molecule has 1 aromatic rings. The van der Waals surface area contributed by atoms with Gasteiger partial charge in [-0.1, -0.05) is 6.07 Å². The van der Waals surface area contributed by atoms with Crippen molar-refractivity contribution >= 4 is 0 Å². The monoisotopic (exact) mass is 183 g/mol. The Hall–Kier alpha value is -1.47. The van der Waals surface area contributed by atoms with Gasteiger partial charge in [-0.25, -0.2) is 8.78 Å². The second kappa shape index (κ2) is 3.97. The smallest absolute Gasteiger partial charge is 0.131 e. The Balaban J connectivity index is 2.96. The summed E-state index contributed by atoms with van der Waals surface area (Å²) in [6.45, 7) is 0. The molecule has 1 atom stereocenters. The van der Waals surface area contributed by atoms with Gasteiger partial charge < -0.3 is 5.11 Å².